The summed E-state index contributed by atoms with van der Waals surface area (Å²) < 4.78 is 0. The number of nitro groups is 1. The Hall–Kier alpha value is -5.10. The second-order valence-corrected chi connectivity index (χ2v) is 8.68. The Morgan fingerprint density at radius 2 is 1.72 bits per heavy atom. The van der Waals surface area contributed by atoms with Crippen LogP contribution >= 0.6 is 11.3 Å². The zero-order chi connectivity index (χ0) is 25.2. The number of amides is 1. The molecular formula is C24H16N6O5S. The summed E-state index contributed by atoms with van der Waals surface area (Å²) in [5.74, 6) is -1.06. The number of hydrogen-bond donors (Lipinski definition) is 4. The molecule has 36 heavy (non-hydrogen) atoms. The number of hydrogen-bond acceptors (Lipinski definition) is 9. The summed E-state index contributed by atoms with van der Waals surface area (Å²) in [6.45, 7) is 0. The average molecular weight is 500 g/mol. The van der Waals surface area contributed by atoms with Gasteiger partial charge >= 0.3 is 0 Å². The minimum absolute atomic E-state index is 0.0675. The molecule has 2 heterocycles. The van der Waals surface area contributed by atoms with E-state index in [0.29, 0.717) is 17.1 Å². The zero-order valence-electron chi connectivity index (χ0n) is 18.2. The highest BCUT2D eigenvalue weighted by Gasteiger charge is 2.21. The molecule has 0 aliphatic rings. The van der Waals surface area contributed by atoms with Crippen LogP contribution in [0.25, 0.3) is 32.3 Å². The third-order valence-electron chi connectivity index (χ3n) is 5.34. The van der Waals surface area contributed by atoms with E-state index in [-0.39, 0.29) is 11.1 Å². The first-order valence-corrected chi connectivity index (χ1v) is 11.3. The van der Waals surface area contributed by atoms with E-state index in [4.69, 9.17) is 0 Å². The van der Waals surface area contributed by atoms with Crippen molar-refractivity contribution in [3.8, 4) is 43.8 Å². The monoisotopic (exact) mass is 500 g/mol. The number of rotatable bonds is 6. The highest BCUT2D eigenvalue weighted by atomic mass is 32.1. The number of phenolic OH excluding ortho intramolecular Hbond substituents is 2. The predicted molar refractivity (Wildman–Crippen MR) is 133 cm³/mol. The normalized spacial score (nSPS) is 10.8. The van der Waals surface area contributed by atoms with Gasteiger partial charge in [-0.15, -0.1) is 21.5 Å². The van der Waals surface area contributed by atoms with Crippen molar-refractivity contribution in [2.24, 2.45) is 0 Å². The van der Waals surface area contributed by atoms with E-state index < -0.39 is 28.0 Å². The number of nitro benzene ring substituents is 1. The molecule has 11 nitrogen and oxygen atoms in total. The van der Waals surface area contributed by atoms with Gasteiger partial charge in [0.1, 0.15) is 0 Å². The number of anilines is 1. The van der Waals surface area contributed by atoms with Gasteiger partial charge in [0.2, 0.25) is 5.82 Å². The lowest BCUT2D eigenvalue weighted by molar-refractivity contribution is -0.384. The molecule has 0 unspecified atom stereocenters. The number of phenols is 2. The van der Waals surface area contributed by atoms with Crippen LogP contribution in [-0.4, -0.2) is 41.7 Å². The molecule has 0 aliphatic heterocycles. The number of nitrogens with one attached hydrogen (secondary N) is 2. The van der Waals surface area contributed by atoms with Crippen molar-refractivity contribution >= 4 is 28.6 Å². The summed E-state index contributed by atoms with van der Waals surface area (Å²) in [6, 6.07) is 19.3. The Balaban J connectivity index is 1.45. The average Bonchev–Trinajstić information content (AvgIpc) is 3.58. The minimum atomic E-state index is -0.665. The number of nitrogens with zero attached hydrogens (tertiary/aromatic N) is 4. The number of para-hydroxylation sites is 1. The zero-order valence-corrected chi connectivity index (χ0v) is 19.1. The third-order valence-corrected chi connectivity index (χ3v) is 6.45. The number of tetrazole rings is 1. The fraction of sp³-hybridized carbons (Fsp3) is 0. The fourth-order valence-corrected chi connectivity index (χ4v) is 4.62. The second kappa shape index (κ2) is 9.27. The number of benzene rings is 3. The highest BCUT2D eigenvalue weighted by molar-refractivity contribution is 7.18. The summed E-state index contributed by atoms with van der Waals surface area (Å²) in [5.41, 5.74) is 1.62. The van der Waals surface area contributed by atoms with Gasteiger partial charge < -0.3 is 15.5 Å². The van der Waals surface area contributed by atoms with Gasteiger partial charge in [0, 0.05) is 21.7 Å². The summed E-state index contributed by atoms with van der Waals surface area (Å²) in [7, 11) is 0. The van der Waals surface area contributed by atoms with Gasteiger partial charge in [0.15, 0.2) is 11.5 Å². The first-order valence-electron chi connectivity index (χ1n) is 10.5. The van der Waals surface area contributed by atoms with E-state index in [2.05, 4.69) is 25.9 Å². The highest BCUT2D eigenvalue weighted by Crippen LogP contribution is 2.39. The van der Waals surface area contributed by atoms with E-state index in [1.54, 1.807) is 30.3 Å². The van der Waals surface area contributed by atoms with Gasteiger partial charge in [-0.3, -0.25) is 14.9 Å². The standard InChI is InChI=1S/C24H16N6O5S/c31-19-11-16(18(30(34)35)12-20(19)32)13-4-3-5-14(10-13)24(33)25-17-7-2-1-6-15(17)21-8-9-22(36-21)23-26-28-29-27-23/h1-12,31-32H,(H,25,33)(H,26,27,28,29). The summed E-state index contributed by atoms with van der Waals surface area (Å²) in [4.78, 5) is 25.7. The molecule has 0 spiro atoms. The SMILES string of the molecule is O=C(Nc1ccccc1-c1ccc(-c2nn[nH]n2)s1)c1cccc(-c2cc(O)c(O)cc2[N+](=O)[O-])c1. The van der Waals surface area contributed by atoms with Crippen LogP contribution in [0.5, 0.6) is 11.5 Å². The van der Waals surface area contributed by atoms with Crippen LogP contribution in [0.4, 0.5) is 11.4 Å². The van der Waals surface area contributed by atoms with Crippen molar-refractivity contribution in [2.45, 2.75) is 0 Å². The minimum Gasteiger partial charge on any atom is -0.504 e. The molecule has 2 aromatic heterocycles. The van der Waals surface area contributed by atoms with Gasteiger partial charge in [-0.2, -0.15) is 5.21 Å². The van der Waals surface area contributed by atoms with Crippen LogP contribution in [0, 0.1) is 10.1 Å². The number of aromatic amines is 1. The lowest BCUT2D eigenvalue weighted by Gasteiger charge is -2.11. The molecule has 0 bridgehead atoms. The van der Waals surface area contributed by atoms with Gasteiger partial charge in [-0.05, 0) is 47.2 Å². The van der Waals surface area contributed by atoms with Gasteiger partial charge in [-0.1, -0.05) is 30.3 Å². The molecule has 0 saturated carbocycles. The molecule has 0 saturated heterocycles. The number of H-pyrrole nitrogens is 1. The first kappa shape index (κ1) is 22.7. The predicted octanol–water partition coefficient (Wildman–Crippen LogP) is 4.83. The Bertz CT molecular complexity index is 1600. The lowest BCUT2D eigenvalue weighted by Crippen LogP contribution is -2.12. The number of aromatic hydroxyl groups is 2. The fourth-order valence-electron chi connectivity index (χ4n) is 3.65. The molecule has 5 aromatic rings. The van der Waals surface area contributed by atoms with Crippen molar-refractivity contribution < 1.29 is 19.9 Å². The van der Waals surface area contributed by atoms with Crippen molar-refractivity contribution in [3.05, 3.63) is 88.5 Å². The molecule has 178 valence electrons. The topological polar surface area (TPSA) is 167 Å². The maximum absolute atomic E-state index is 13.1. The Kier molecular flexibility index (Phi) is 5.84. The summed E-state index contributed by atoms with van der Waals surface area (Å²) in [5, 5.41) is 47.9. The third kappa shape index (κ3) is 4.35. The molecule has 5 rings (SSSR count). The van der Waals surface area contributed by atoms with Crippen molar-refractivity contribution in [1.29, 1.82) is 0 Å². The van der Waals surface area contributed by atoms with E-state index in [1.165, 1.54) is 17.4 Å². The quantitative estimate of drug-likeness (QED) is 0.146. The van der Waals surface area contributed by atoms with E-state index >= 15 is 0 Å². The van der Waals surface area contributed by atoms with Crippen molar-refractivity contribution in [2.75, 3.05) is 5.32 Å². The Labute approximate surface area is 206 Å². The molecule has 0 radical (unpaired) electrons. The number of carbonyl (C=O) groups excluding carboxylic acids is 1. The van der Waals surface area contributed by atoms with Crippen LogP contribution in [0.1, 0.15) is 10.4 Å². The summed E-state index contributed by atoms with van der Waals surface area (Å²) in [6.07, 6.45) is 0. The Morgan fingerprint density at radius 1 is 0.944 bits per heavy atom. The van der Waals surface area contributed by atoms with Crippen LogP contribution in [0.3, 0.4) is 0 Å². The van der Waals surface area contributed by atoms with Crippen LogP contribution in [-0.2, 0) is 0 Å². The van der Waals surface area contributed by atoms with Crippen molar-refractivity contribution in [1.82, 2.24) is 20.6 Å². The van der Waals surface area contributed by atoms with Crippen LogP contribution in [0.15, 0.2) is 72.8 Å². The van der Waals surface area contributed by atoms with Crippen LogP contribution in [0.2, 0.25) is 0 Å². The molecule has 0 fully saturated rings. The number of carbonyl (C=O) groups is 1. The van der Waals surface area contributed by atoms with Gasteiger partial charge in [0.05, 0.1) is 21.4 Å². The maximum Gasteiger partial charge on any atom is 0.281 e. The van der Waals surface area contributed by atoms with E-state index in [1.807, 2.05) is 24.3 Å². The molecule has 4 N–H and O–H groups in total. The van der Waals surface area contributed by atoms with Crippen molar-refractivity contribution in [3.63, 3.8) is 0 Å². The largest absolute Gasteiger partial charge is 0.504 e. The number of aromatic nitrogens is 4. The maximum atomic E-state index is 13.1. The molecule has 0 atom stereocenters. The first-order chi connectivity index (χ1) is 17.4. The van der Waals surface area contributed by atoms with E-state index in [9.17, 15) is 25.1 Å². The van der Waals surface area contributed by atoms with Gasteiger partial charge in [0.25, 0.3) is 11.6 Å². The molecule has 1 amide bonds. The Morgan fingerprint density at radius 3 is 2.50 bits per heavy atom. The second-order valence-electron chi connectivity index (χ2n) is 7.60. The molecular weight excluding hydrogens is 484 g/mol. The molecule has 3 aromatic carbocycles. The lowest BCUT2D eigenvalue weighted by atomic mass is 10.00. The van der Waals surface area contributed by atoms with Crippen LogP contribution < -0.4 is 5.32 Å². The van der Waals surface area contributed by atoms with Gasteiger partial charge in [-0.25, -0.2) is 0 Å². The smallest absolute Gasteiger partial charge is 0.281 e. The summed E-state index contributed by atoms with van der Waals surface area (Å²) >= 11 is 1.44. The van der Waals surface area contributed by atoms with E-state index in [0.717, 1.165) is 27.5 Å². The molecule has 12 heteroatoms. The molecule has 0 aliphatic carbocycles. The number of thiophene rings is 1.